The highest BCUT2D eigenvalue weighted by atomic mass is 32.2. The average molecular weight is 270 g/mol. The lowest BCUT2D eigenvalue weighted by molar-refractivity contribution is 0.0748. The van der Waals surface area contributed by atoms with Crippen LogP contribution in [-0.2, 0) is 9.84 Å². The topological polar surface area (TPSA) is 80.5 Å². The van der Waals surface area contributed by atoms with E-state index in [0.717, 1.165) is 6.26 Å². The van der Waals surface area contributed by atoms with Crippen molar-refractivity contribution in [3.8, 4) is 0 Å². The first-order chi connectivity index (χ1) is 8.27. The van der Waals surface area contributed by atoms with Crippen LogP contribution in [0.1, 0.15) is 17.3 Å². The molecule has 2 N–H and O–H groups in total. The van der Waals surface area contributed by atoms with Crippen LogP contribution in [0.25, 0.3) is 0 Å². The van der Waals surface area contributed by atoms with Crippen molar-refractivity contribution in [2.75, 3.05) is 19.8 Å². The SMILES string of the molecule is CC(CN)N(C)C(=O)c1cccc(S(C)(=O)=O)c1. The molecule has 0 spiro atoms. The number of hydrogen-bond donors (Lipinski definition) is 1. The molecule has 0 aliphatic carbocycles. The predicted molar refractivity (Wildman–Crippen MR) is 70.2 cm³/mol. The van der Waals surface area contributed by atoms with E-state index in [2.05, 4.69) is 0 Å². The highest BCUT2D eigenvalue weighted by Gasteiger charge is 2.18. The van der Waals surface area contributed by atoms with Gasteiger partial charge in [-0.1, -0.05) is 6.07 Å². The van der Waals surface area contributed by atoms with Gasteiger partial charge in [-0.25, -0.2) is 8.42 Å². The molecular formula is C12H18N2O3S. The van der Waals surface area contributed by atoms with Gasteiger partial charge in [0.25, 0.3) is 5.91 Å². The molecule has 1 amide bonds. The molecule has 0 heterocycles. The van der Waals surface area contributed by atoms with Gasteiger partial charge in [-0.15, -0.1) is 0 Å². The molecule has 1 rings (SSSR count). The molecule has 100 valence electrons. The van der Waals surface area contributed by atoms with Gasteiger partial charge in [0, 0.05) is 31.5 Å². The lowest BCUT2D eigenvalue weighted by Gasteiger charge is -2.23. The Morgan fingerprint density at radius 1 is 1.44 bits per heavy atom. The first-order valence-corrected chi connectivity index (χ1v) is 7.44. The summed E-state index contributed by atoms with van der Waals surface area (Å²) in [5.74, 6) is -0.238. The van der Waals surface area contributed by atoms with Crippen LogP contribution in [0, 0.1) is 0 Å². The molecular weight excluding hydrogens is 252 g/mol. The highest BCUT2D eigenvalue weighted by Crippen LogP contribution is 2.13. The van der Waals surface area contributed by atoms with E-state index in [-0.39, 0.29) is 16.8 Å². The third-order valence-corrected chi connectivity index (χ3v) is 3.94. The minimum Gasteiger partial charge on any atom is -0.338 e. The molecule has 1 aromatic carbocycles. The van der Waals surface area contributed by atoms with Crippen molar-refractivity contribution in [1.29, 1.82) is 0 Å². The molecule has 0 aliphatic heterocycles. The van der Waals surface area contributed by atoms with Crippen LogP contribution >= 0.6 is 0 Å². The van der Waals surface area contributed by atoms with E-state index in [9.17, 15) is 13.2 Å². The molecule has 0 aliphatic rings. The fraction of sp³-hybridized carbons (Fsp3) is 0.417. The lowest BCUT2D eigenvalue weighted by Crippen LogP contribution is -2.39. The Bertz CT molecular complexity index is 540. The second-order valence-electron chi connectivity index (χ2n) is 4.30. The number of carbonyl (C=O) groups excluding carboxylic acids is 1. The molecule has 5 nitrogen and oxygen atoms in total. The summed E-state index contributed by atoms with van der Waals surface area (Å²) in [6, 6.07) is 5.91. The van der Waals surface area contributed by atoms with E-state index in [1.807, 2.05) is 6.92 Å². The van der Waals surface area contributed by atoms with Crippen molar-refractivity contribution < 1.29 is 13.2 Å². The number of carbonyl (C=O) groups is 1. The lowest BCUT2D eigenvalue weighted by atomic mass is 10.2. The number of benzene rings is 1. The Hall–Kier alpha value is -1.40. The Balaban J connectivity index is 3.08. The van der Waals surface area contributed by atoms with Crippen LogP contribution in [0.2, 0.25) is 0 Å². The maximum atomic E-state index is 12.1. The molecule has 0 fully saturated rings. The Labute approximate surface area is 108 Å². The molecule has 0 saturated carbocycles. The van der Waals surface area contributed by atoms with Gasteiger partial charge in [-0.2, -0.15) is 0 Å². The monoisotopic (exact) mass is 270 g/mol. The largest absolute Gasteiger partial charge is 0.338 e. The molecule has 0 saturated heterocycles. The molecule has 1 aromatic rings. The summed E-state index contributed by atoms with van der Waals surface area (Å²) in [5.41, 5.74) is 5.85. The van der Waals surface area contributed by atoms with Gasteiger partial charge >= 0.3 is 0 Å². The fourth-order valence-corrected chi connectivity index (χ4v) is 2.09. The summed E-state index contributed by atoms with van der Waals surface area (Å²) in [6.07, 6.45) is 1.11. The predicted octanol–water partition coefficient (Wildman–Crippen LogP) is 0.509. The summed E-state index contributed by atoms with van der Waals surface area (Å²) < 4.78 is 22.8. The summed E-state index contributed by atoms with van der Waals surface area (Å²) >= 11 is 0. The van der Waals surface area contributed by atoms with E-state index in [1.165, 1.54) is 17.0 Å². The molecule has 1 unspecified atom stereocenters. The van der Waals surface area contributed by atoms with Gasteiger partial charge in [0.15, 0.2) is 9.84 Å². The number of hydrogen-bond acceptors (Lipinski definition) is 4. The molecule has 0 radical (unpaired) electrons. The van der Waals surface area contributed by atoms with Crippen molar-refractivity contribution >= 4 is 15.7 Å². The number of nitrogens with two attached hydrogens (primary N) is 1. The van der Waals surface area contributed by atoms with Gasteiger partial charge < -0.3 is 10.6 Å². The normalized spacial score (nSPS) is 13.1. The zero-order chi connectivity index (χ0) is 13.9. The van der Waals surface area contributed by atoms with Crippen LogP contribution < -0.4 is 5.73 Å². The molecule has 6 heteroatoms. The number of sulfone groups is 1. The summed E-state index contributed by atoms with van der Waals surface area (Å²) in [6.45, 7) is 2.19. The minimum absolute atomic E-state index is 0.0978. The molecule has 0 bridgehead atoms. The van der Waals surface area contributed by atoms with Crippen LogP contribution in [0.5, 0.6) is 0 Å². The Kier molecular flexibility index (Phi) is 4.48. The fourth-order valence-electron chi connectivity index (χ4n) is 1.42. The molecule has 1 atom stereocenters. The van der Waals surface area contributed by atoms with Crippen LogP contribution in [0.15, 0.2) is 29.2 Å². The Morgan fingerprint density at radius 2 is 2.06 bits per heavy atom. The van der Waals surface area contributed by atoms with Crippen molar-refractivity contribution in [2.24, 2.45) is 5.73 Å². The second kappa shape index (κ2) is 5.49. The van der Waals surface area contributed by atoms with Crippen molar-refractivity contribution in [3.63, 3.8) is 0 Å². The zero-order valence-corrected chi connectivity index (χ0v) is 11.6. The van der Waals surface area contributed by atoms with Crippen LogP contribution in [0.4, 0.5) is 0 Å². The first-order valence-electron chi connectivity index (χ1n) is 5.54. The van der Waals surface area contributed by atoms with Gasteiger partial charge in [-0.05, 0) is 25.1 Å². The van der Waals surface area contributed by atoms with Gasteiger partial charge in [0.1, 0.15) is 0 Å². The van der Waals surface area contributed by atoms with Crippen LogP contribution in [0.3, 0.4) is 0 Å². The standard InChI is InChI=1S/C12H18N2O3S/c1-9(8-13)14(2)12(15)10-5-4-6-11(7-10)18(3,16)17/h4-7,9H,8,13H2,1-3H3. The number of nitrogens with zero attached hydrogens (tertiary/aromatic N) is 1. The number of rotatable bonds is 4. The third kappa shape index (κ3) is 3.30. The summed E-state index contributed by atoms with van der Waals surface area (Å²) in [5, 5.41) is 0. The van der Waals surface area contributed by atoms with Gasteiger partial charge in [-0.3, -0.25) is 4.79 Å². The third-order valence-electron chi connectivity index (χ3n) is 2.83. The maximum absolute atomic E-state index is 12.1. The average Bonchev–Trinajstić information content (AvgIpc) is 2.35. The number of amides is 1. The van der Waals surface area contributed by atoms with Gasteiger partial charge in [0.05, 0.1) is 4.90 Å². The quantitative estimate of drug-likeness (QED) is 0.864. The molecule has 0 aromatic heterocycles. The smallest absolute Gasteiger partial charge is 0.253 e. The number of likely N-dealkylation sites (N-methyl/N-ethyl adjacent to an activating group) is 1. The van der Waals surface area contributed by atoms with E-state index in [0.29, 0.717) is 12.1 Å². The zero-order valence-electron chi connectivity index (χ0n) is 10.8. The second-order valence-corrected chi connectivity index (χ2v) is 6.32. The van der Waals surface area contributed by atoms with Gasteiger partial charge in [0.2, 0.25) is 0 Å². The minimum atomic E-state index is -3.31. The van der Waals surface area contributed by atoms with E-state index in [1.54, 1.807) is 19.2 Å². The maximum Gasteiger partial charge on any atom is 0.253 e. The van der Waals surface area contributed by atoms with E-state index in [4.69, 9.17) is 5.73 Å². The first kappa shape index (κ1) is 14.7. The highest BCUT2D eigenvalue weighted by molar-refractivity contribution is 7.90. The van der Waals surface area contributed by atoms with Crippen molar-refractivity contribution in [2.45, 2.75) is 17.9 Å². The van der Waals surface area contributed by atoms with E-state index < -0.39 is 9.84 Å². The Morgan fingerprint density at radius 3 is 2.56 bits per heavy atom. The van der Waals surface area contributed by atoms with Crippen molar-refractivity contribution in [3.05, 3.63) is 29.8 Å². The summed E-state index contributed by atoms with van der Waals surface area (Å²) in [7, 11) is -1.66. The van der Waals surface area contributed by atoms with E-state index >= 15 is 0 Å². The summed E-state index contributed by atoms with van der Waals surface area (Å²) in [4.78, 5) is 13.7. The molecule has 18 heavy (non-hydrogen) atoms. The van der Waals surface area contributed by atoms with Crippen LogP contribution in [-0.4, -0.2) is 45.1 Å². The van der Waals surface area contributed by atoms with Crippen molar-refractivity contribution in [1.82, 2.24) is 4.90 Å².